The number of carbonyl (C=O) groups excluding carboxylic acids is 3. The minimum atomic E-state index is -1.35. The second-order valence-corrected chi connectivity index (χ2v) is 14.2. The Balaban J connectivity index is 1.37. The Kier molecular flexibility index (Phi) is 13.3. The second kappa shape index (κ2) is 17.9. The first kappa shape index (κ1) is 39.5. The summed E-state index contributed by atoms with van der Waals surface area (Å²) in [5, 5.41) is 18.4. The van der Waals surface area contributed by atoms with E-state index >= 15 is 0 Å². The molecule has 53 heavy (non-hydrogen) atoms. The molecule has 0 unspecified atom stereocenters. The van der Waals surface area contributed by atoms with Crippen LogP contribution in [0.25, 0.3) is 11.1 Å². The maximum absolute atomic E-state index is 14.7. The smallest absolute Gasteiger partial charge is 0.407 e. The molecule has 2 aromatic carbocycles. The van der Waals surface area contributed by atoms with Crippen LogP contribution in [0.1, 0.15) is 38.3 Å². The van der Waals surface area contributed by atoms with E-state index in [9.17, 15) is 28.3 Å². The van der Waals surface area contributed by atoms with E-state index in [4.69, 9.17) is 18.9 Å². The van der Waals surface area contributed by atoms with Crippen LogP contribution < -0.4 is 16.1 Å². The molecule has 3 amide bonds. The van der Waals surface area contributed by atoms with Gasteiger partial charge in [-0.1, -0.05) is 57.2 Å². The first-order valence-corrected chi connectivity index (χ1v) is 17.5. The van der Waals surface area contributed by atoms with Gasteiger partial charge < -0.3 is 34.7 Å². The van der Waals surface area contributed by atoms with Crippen LogP contribution in [0.15, 0.2) is 67.0 Å². The molecule has 13 nitrogen and oxygen atoms in total. The molecule has 3 aromatic rings. The fraction of sp³-hybridized carbons (Fsp3) is 0.474. The molecule has 0 aliphatic carbocycles. The molecule has 5 rings (SSSR count). The number of amides is 3. The third kappa shape index (κ3) is 10.7. The molecule has 6 atom stereocenters. The van der Waals surface area contributed by atoms with Crippen molar-refractivity contribution in [1.29, 1.82) is 0 Å². The third-order valence-electron chi connectivity index (χ3n) is 9.36. The number of nitrogens with one attached hydrogen (secondary N) is 3. The number of methoxy groups -OCH3 is 1. The van der Waals surface area contributed by atoms with Crippen LogP contribution in [-0.4, -0.2) is 97.2 Å². The molecule has 0 radical (unpaired) electrons. The minimum Gasteiger partial charge on any atom is -0.453 e. The van der Waals surface area contributed by atoms with E-state index in [0.29, 0.717) is 13.0 Å². The monoisotopic (exact) mass is 739 g/mol. The number of aliphatic hydroxyl groups excluding tert-OH is 1. The maximum Gasteiger partial charge on any atom is 0.407 e. The Morgan fingerprint density at radius 3 is 2.40 bits per heavy atom. The van der Waals surface area contributed by atoms with Crippen LogP contribution in [0.5, 0.6) is 0 Å². The summed E-state index contributed by atoms with van der Waals surface area (Å²) in [7, 11) is 1.17. The quantitative estimate of drug-likeness (QED) is 0.177. The van der Waals surface area contributed by atoms with Gasteiger partial charge in [0.25, 0.3) is 5.91 Å². The normalized spacial score (nSPS) is 19.9. The SMILES string of the molecule is COC(=O)N[C@H](C(=O)NN(CCc1c(F)cccc1F)C[C@H](O)[C@H](Cc1ccc(-c2cccnc2)cc1)NC(=O)O[C@H]1CO[C@H]2OCC[C@H]21)C(C)(C)C. The standard InChI is InChI=1S/C38H47F2N5O8/c1-38(2,3)33(43-36(48)50-4)34(47)44-45(17-14-26-28(39)8-5-9-29(26)40)21-31(46)30(42-37(49)53-32-22-52-35-27(32)15-18-51-35)19-23-10-12-24(13-11-23)25-7-6-16-41-20-25/h5-13,16,20,27,30-33,35,46H,14-15,17-19,21-22H2,1-4H3,(H,42,49)(H,43,48)(H,44,47)/t27-,30-,31-,32-,33+,35+/m0/s1. The molecule has 2 fully saturated rings. The van der Waals surface area contributed by atoms with Crippen molar-refractivity contribution in [1.82, 2.24) is 26.1 Å². The van der Waals surface area contributed by atoms with E-state index in [1.165, 1.54) is 18.2 Å². The van der Waals surface area contributed by atoms with Gasteiger partial charge in [-0.3, -0.25) is 15.2 Å². The number of fused-ring (bicyclic) bond motifs is 1. The summed E-state index contributed by atoms with van der Waals surface area (Å²) in [5.74, 6) is -2.30. The van der Waals surface area contributed by atoms with Crippen molar-refractivity contribution < 1.29 is 47.2 Å². The van der Waals surface area contributed by atoms with Crippen LogP contribution in [0, 0.1) is 23.0 Å². The topological polar surface area (TPSA) is 161 Å². The maximum atomic E-state index is 14.7. The highest BCUT2D eigenvalue weighted by Gasteiger charge is 2.44. The average Bonchev–Trinajstić information content (AvgIpc) is 3.75. The number of halogens is 2. The first-order valence-electron chi connectivity index (χ1n) is 17.5. The lowest BCUT2D eigenvalue weighted by Gasteiger charge is -2.34. The molecule has 4 N–H and O–H groups in total. The summed E-state index contributed by atoms with van der Waals surface area (Å²) in [5.41, 5.74) is 4.33. The largest absolute Gasteiger partial charge is 0.453 e. The highest BCUT2D eigenvalue weighted by Crippen LogP contribution is 2.33. The van der Waals surface area contributed by atoms with Gasteiger partial charge in [0, 0.05) is 31.0 Å². The van der Waals surface area contributed by atoms with E-state index in [-0.39, 0.29) is 44.0 Å². The van der Waals surface area contributed by atoms with Crippen molar-refractivity contribution in [3.05, 3.63) is 89.8 Å². The number of carbonyl (C=O) groups is 3. The van der Waals surface area contributed by atoms with Crippen molar-refractivity contribution in [2.45, 2.75) is 70.6 Å². The number of nitrogens with zero attached hydrogens (tertiary/aromatic N) is 2. The zero-order valence-electron chi connectivity index (χ0n) is 30.2. The lowest BCUT2D eigenvalue weighted by atomic mass is 9.86. The molecule has 3 heterocycles. The molecule has 0 bridgehead atoms. The molecule has 2 aliphatic rings. The molecule has 0 saturated carbocycles. The van der Waals surface area contributed by atoms with Crippen LogP contribution >= 0.6 is 0 Å². The minimum absolute atomic E-state index is 0.108. The van der Waals surface area contributed by atoms with Gasteiger partial charge in [0.1, 0.15) is 23.8 Å². The number of pyridine rings is 1. The number of aliphatic hydroxyl groups is 1. The number of hydrazine groups is 1. The molecule has 1 aromatic heterocycles. The predicted molar refractivity (Wildman–Crippen MR) is 189 cm³/mol. The van der Waals surface area contributed by atoms with Crippen molar-refractivity contribution in [2.24, 2.45) is 11.3 Å². The highest BCUT2D eigenvalue weighted by atomic mass is 19.1. The molecule has 0 spiro atoms. The number of aromatic nitrogens is 1. The lowest BCUT2D eigenvalue weighted by molar-refractivity contribution is -0.131. The van der Waals surface area contributed by atoms with Gasteiger partial charge in [-0.2, -0.15) is 0 Å². The van der Waals surface area contributed by atoms with Gasteiger partial charge in [-0.25, -0.2) is 23.4 Å². The summed E-state index contributed by atoms with van der Waals surface area (Å²) in [4.78, 5) is 43.4. The fourth-order valence-corrected chi connectivity index (χ4v) is 6.41. The summed E-state index contributed by atoms with van der Waals surface area (Å²) >= 11 is 0. The van der Waals surface area contributed by atoms with Gasteiger partial charge in [-0.15, -0.1) is 0 Å². The van der Waals surface area contributed by atoms with Gasteiger partial charge in [0.05, 0.1) is 38.4 Å². The molecule has 15 heteroatoms. The molecule has 2 aliphatic heterocycles. The Labute approximate surface area is 307 Å². The number of hydrogen-bond donors (Lipinski definition) is 4. The lowest BCUT2D eigenvalue weighted by Crippen LogP contribution is -2.59. The number of ether oxygens (including phenoxy) is 4. The number of hydrogen-bond acceptors (Lipinski definition) is 10. The Morgan fingerprint density at radius 1 is 1.00 bits per heavy atom. The summed E-state index contributed by atoms with van der Waals surface area (Å²) in [6.45, 7) is 5.45. The predicted octanol–water partition coefficient (Wildman–Crippen LogP) is 4.13. The van der Waals surface area contributed by atoms with Crippen LogP contribution in [0.3, 0.4) is 0 Å². The van der Waals surface area contributed by atoms with Crippen LogP contribution in [-0.2, 0) is 36.6 Å². The number of alkyl carbamates (subject to hydrolysis) is 2. The zero-order chi connectivity index (χ0) is 38.1. The van der Waals surface area contributed by atoms with Gasteiger partial charge in [-0.05, 0) is 59.6 Å². The van der Waals surface area contributed by atoms with Crippen molar-refractivity contribution >= 4 is 18.1 Å². The highest BCUT2D eigenvalue weighted by molar-refractivity contribution is 5.86. The Morgan fingerprint density at radius 2 is 1.74 bits per heavy atom. The van der Waals surface area contributed by atoms with E-state index in [2.05, 4.69) is 21.0 Å². The Hall–Kier alpha value is -4.70. The first-order chi connectivity index (χ1) is 25.3. The van der Waals surface area contributed by atoms with E-state index < -0.39 is 65.7 Å². The Bertz CT molecular complexity index is 1670. The molecular weight excluding hydrogens is 692 g/mol. The van der Waals surface area contributed by atoms with Crippen LogP contribution in [0.4, 0.5) is 18.4 Å². The van der Waals surface area contributed by atoms with Crippen molar-refractivity contribution in [3.63, 3.8) is 0 Å². The fourth-order valence-electron chi connectivity index (χ4n) is 6.41. The summed E-state index contributed by atoms with van der Waals surface area (Å²) < 4.78 is 50.9. The van der Waals surface area contributed by atoms with Gasteiger partial charge >= 0.3 is 12.2 Å². The second-order valence-electron chi connectivity index (χ2n) is 14.2. The average molecular weight is 740 g/mol. The van der Waals surface area contributed by atoms with E-state index in [1.54, 1.807) is 33.2 Å². The number of benzene rings is 2. The summed E-state index contributed by atoms with van der Waals surface area (Å²) in [6.07, 6.45) is 0.136. The van der Waals surface area contributed by atoms with Gasteiger partial charge in [0.15, 0.2) is 6.29 Å². The number of rotatable bonds is 14. The zero-order valence-corrected chi connectivity index (χ0v) is 30.2. The molecular formula is C38H47F2N5O8. The van der Waals surface area contributed by atoms with Crippen molar-refractivity contribution in [2.75, 3.05) is 33.4 Å². The third-order valence-corrected chi connectivity index (χ3v) is 9.36. The van der Waals surface area contributed by atoms with Crippen molar-refractivity contribution in [3.8, 4) is 11.1 Å². The van der Waals surface area contributed by atoms with Crippen LogP contribution in [0.2, 0.25) is 0 Å². The molecule has 286 valence electrons. The molecule has 2 saturated heterocycles. The van der Waals surface area contributed by atoms with E-state index in [0.717, 1.165) is 28.8 Å². The summed E-state index contributed by atoms with van der Waals surface area (Å²) in [6, 6.07) is 12.8. The van der Waals surface area contributed by atoms with Gasteiger partial charge in [0.2, 0.25) is 0 Å². The van der Waals surface area contributed by atoms with E-state index in [1.807, 2.05) is 36.4 Å².